The lowest BCUT2D eigenvalue weighted by Crippen LogP contribution is -2.08. The summed E-state index contributed by atoms with van der Waals surface area (Å²) in [6, 6.07) is 5.22. The van der Waals surface area contributed by atoms with E-state index in [-0.39, 0.29) is 0 Å². The summed E-state index contributed by atoms with van der Waals surface area (Å²) in [6.07, 6.45) is 2.86. The van der Waals surface area contributed by atoms with Gasteiger partial charge in [0, 0.05) is 12.0 Å². The molecule has 0 aromatic carbocycles. The van der Waals surface area contributed by atoms with Gasteiger partial charge in [0.15, 0.2) is 17.2 Å². The molecule has 0 bridgehead atoms. The number of aromatic nitrogens is 2. The maximum Gasteiger partial charge on any atom is 0.513 e. The molecule has 7 heteroatoms. The third kappa shape index (κ3) is 2.11. The highest BCUT2D eigenvalue weighted by Gasteiger charge is 2.29. The van der Waals surface area contributed by atoms with E-state index in [2.05, 4.69) is 14.9 Å². The number of nitrogens with zero attached hydrogens (tertiary/aromatic N) is 2. The van der Waals surface area contributed by atoms with E-state index < -0.39 is 6.16 Å². The van der Waals surface area contributed by atoms with Gasteiger partial charge in [-0.2, -0.15) is 0 Å². The van der Waals surface area contributed by atoms with E-state index in [1.54, 1.807) is 18.2 Å². The predicted octanol–water partition coefficient (Wildman–Crippen LogP) is 3.51. The molecule has 4 rings (SSSR count). The van der Waals surface area contributed by atoms with Gasteiger partial charge >= 0.3 is 6.16 Å². The molecule has 3 heterocycles. The van der Waals surface area contributed by atoms with Crippen molar-refractivity contribution in [2.75, 3.05) is 7.11 Å². The fraction of sp³-hybridized carbons (Fsp3) is 0.267. The molecule has 3 aromatic heterocycles. The Kier molecular flexibility index (Phi) is 2.85. The van der Waals surface area contributed by atoms with Crippen LogP contribution in [-0.4, -0.2) is 23.4 Å². The maximum absolute atomic E-state index is 11.5. The molecular formula is C15H12N2O5. The monoisotopic (exact) mass is 300 g/mol. The summed E-state index contributed by atoms with van der Waals surface area (Å²) >= 11 is 0. The average molecular weight is 300 g/mol. The second-order valence-corrected chi connectivity index (χ2v) is 5.06. The summed E-state index contributed by atoms with van der Waals surface area (Å²) in [5.41, 5.74) is 1.58. The molecule has 1 saturated carbocycles. The summed E-state index contributed by atoms with van der Waals surface area (Å²) in [6.45, 7) is 0. The van der Waals surface area contributed by atoms with Gasteiger partial charge in [0.1, 0.15) is 5.39 Å². The average Bonchev–Trinajstić information content (AvgIpc) is 3.07. The van der Waals surface area contributed by atoms with Crippen LogP contribution in [0.15, 0.2) is 33.4 Å². The van der Waals surface area contributed by atoms with Crippen LogP contribution in [-0.2, 0) is 4.74 Å². The zero-order chi connectivity index (χ0) is 15.1. The molecule has 0 aliphatic heterocycles. The highest BCUT2D eigenvalue weighted by atomic mass is 16.7. The van der Waals surface area contributed by atoms with E-state index >= 15 is 0 Å². The predicted molar refractivity (Wildman–Crippen MR) is 74.5 cm³/mol. The number of hydrogen-bond donors (Lipinski definition) is 0. The van der Waals surface area contributed by atoms with Crippen LogP contribution in [0.3, 0.4) is 0 Å². The van der Waals surface area contributed by atoms with Crippen LogP contribution in [0.2, 0.25) is 0 Å². The Labute approximate surface area is 124 Å². The summed E-state index contributed by atoms with van der Waals surface area (Å²) in [5, 5.41) is 4.48. The second kappa shape index (κ2) is 4.87. The van der Waals surface area contributed by atoms with Gasteiger partial charge in [0.2, 0.25) is 0 Å². The minimum absolute atomic E-state index is 0.311. The first-order valence-corrected chi connectivity index (χ1v) is 6.86. The fourth-order valence-corrected chi connectivity index (χ4v) is 2.32. The van der Waals surface area contributed by atoms with E-state index in [9.17, 15) is 4.79 Å². The van der Waals surface area contributed by atoms with Gasteiger partial charge in [-0.15, -0.1) is 0 Å². The van der Waals surface area contributed by atoms with Crippen molar-refractivity contribution >= 4 is 17.3 Å². The minimum Gasteiger partial charge on any atom is -0.463 e. The first kappa shape index (κ1) is 12.9. The van der Waals surface area contributed by atoms with Gasteiger partial charge < -0.3 is 18.4 Å². The van der Waals surface area contributed by atoms with Gasteiger partial charge in [-0.25, -0.2) is 9.78 Å². The Morgan fingerprint density at radius 1 is 1.41 bits per heavy atom. The smallest absolute Gasteiger partial charge is 0.463 e. The number of rotatable bonds is 3. The van der Waals surface area contributed by atoms with Gasteiger partial charge in [-0.1, -0.05) is 5.16 Å². The molecule has 112 valence electrons. The van der Waals surface area contributed by atoms with Crippen molar-refractivity contribution in [3.05, 3.63) is 30.2 Å². The zero-order valence-electron chi connectivity index (χ0n) is 11.7. The minimum atomic E-state index is -0.805. The van der Waals surface area contributed by atoms with Crippen molar-refractivity contribution in [3.63, 3.8) is 0 Å². The van der Waals surface area contributed by atoms with E-state index in [0.29, 0.717) is 34.2 Å². The Morgan fingerprint density at radius 3 is 2.95 bits per heavy atom. The van der Waals surface area contributed by atoms with Crippen LogP contribution in [0.4, 0.5) is 4.79 Å². The molecule has 1 aliphatic carbocycles. The van der Waals surface area contributed by atoms with E-state index in [1.165, 1.54) is 13.4 Å². The highest BCUT2D eigenvalue weighted by Crippen LogP contribution is 2.43. The number of pyridine rings is 1. The number of methoxy groups -OCH3 is 1. The summed E-state index contributed by atoms with van der Waals surface area (Å²) in [5.74, 6) is 1.20. The van der Waals surface area contributed by atoms with E-state index in [1.807, 2.05) is 0 Å². The van der Waals surface area contributed by atoms with Gasteiger partial charge in [0.05, 0.1) is 19.1 Å². The Morgan fingerprint density at radius 2 is 2.27 bits per heavy atom. The molecule has 0 N–H and O–H groups in total. The molecule has 0 unspecified atom stereocenters. The Bertz CT molecular complexity index is 833. The van der Waals surface area contributed by atoms with Crippen molar-refractivity contribution < 1.29 is 23.2 Å². The SMILES string of the molecule is COC(=O)Oc1cc(C2CC2)nc2onc(-c3ccco3)c12. The molecule has 1 aliphatic rings. The number of fused-ring (bicyclic) bond motifs is 1. The van der Waals surface area contributed by atoms with Crippen LogP contribution >= 0.6 is 0 Å². The van der Waals surface area contributed by atoms with Gasteiger partial charge in [-0.3, -0.25) is 0 Å². The lowest BCUT2D eigenvalue weighted by molar-refractivity contribution is 0.122. The van der Waals surface area contributed by atoms with Gasteiger partial charge in [-0.05, 0) is 25.0 Å². The summed E-state index contributed by atoms with van der Waals surface area (Å²) in [7, 11) is 1.25. The zero-order valence-corrected chi connectivity index (χ0v) is 11.7. The number of hydrogen-bond acceptors (Lipinski definition) is 7. The first-order chi connectivity index (χ1) is 10.8. The second-order valence-electron chi connectivity index (χ2n) is 5.06. The van der Waals surface area contributed by atoms with E-state index in [0.717, 1.165) is 18.5 Å². The normalized spacial score (nSPS) is 14.2. The molecule has 22 heavy (non-hydrogen) atoms. The molecule has 0 spiro atoms. The van der Waals surface area contributed by atoms with Crippen LogP contribution in [0, 0.1) is 0 Å². The largest absolute Gasteiger partial charge is 0.513 e. The fourth-order valence-electron chi connectivity index (χ4n) is 2.32. The molecule has 3 aromatic rings. The lowest BCUT2D eigenvalue weighted by Gasteiger charge is -2.06. The van der Waals surface area contributed by atoms with Crippen LogP contribution in [0.25, 0.3) is 22.6 Å². The van der Waals surface area contributed by atoms with Crippen LogP contribution in [0.5, 0.6) is 5.75 Å². The van der Waals surface area contributed by atoms with Crippen molar-refractivity contribution in [1.29, 1.82) is 0 Å². The van der Waals surface area contributed by atoms with Crippen LogP contribution in [0.1, 0.15) is 24.5 Å². The summed E-state index contributed by atoms with van der Waals surface area (Å²) < 4.78 is 20.5. The van der Waals surface area contributed by atoms with Crippen molar-refractivity contribution in [2.24, 2.45) is 0 Å². The molecule has 0 atom stereocenters. The van der Waals surface area contributed by atoms with Crippen molar-refractivity contribution in [3.8, 4) is 17.2 Å². The Balaban J connectivity index is 1.90. The number of carbonyl (C=O) groups excluding carboxylic acids is 1. The lowest BCUT2D eigenvalue weighted by atomic mass is 10.1. The molecule has 0 saturated heterocycles. The number of furan rings is 1. The van der Waals surface area contributed by atoms with Crippen molar-refractivity contribution in [2.45, 2.75) is 18.8 Å². The Hall–Kier alpha value is -2.83. The topological polar surface area (TPSA) is 87.6 Å². The number of carbonyl (C=O) groups is 1. The number of ether oxygens (including phenoxy) is 2. The quantitative estimate of drug-likeness (QED) is 0.684. The molecule has 1 fully saturated rings. The van der Waals surface area contributed by atoms with Crippen molar-refractivity contribution in [1.82, 2.24) is 10.1 Å². The summed E-state index contributed by atoms with van der Waals surface area (Å²) in [4.78, 5) is 16.0. The van der Waals surface area contributed by atoms with Gasteiger partial charge in [0.25, 0.3) is 5.71 Å². The molecule has 0 amide bonds. The van der Waals surface area contributed by atoms with E-state index in [4.69, 9.17) is 13.7 Å². The maximum atomic E-state index is 11.5. The highest BCUT2D eigenvalue weighted by molar-refractivity contribution is 5.94. The third-order valence-corrected chi connectivity index (χ3v) is 3.54. The molecule has 7 nitrogen and oxygen atoms in total. The van der Waals surface area contributed by atoms with Crippen LogP contribution < -0.4 is 4.74 Å². The standard InChI is InChI=1S/C15H12N2O5/c1-19-15(18)21-11-7-9(8-4-5-8)16-14-12(11)13(17-22-14)10-3-2-6-20-10/h2-3,6-8H,4-5H2,1H3. The molecule has 0 radical (unpaired) electrons. The molecular weight excluding hydrogens is 288 g/mol. The third-order valence-electron chi connectivity index (χ3n) is 3.54. The first-order valence-electron chi connectivity index (χ1n) is 6.86.